The number of hydrogen-bond donors (Lipinski definition) is 2. The van der Waals surface area contributed by atoms with E-state index in [9.17, 15) is 19.5 Å². The van der Waals surface area contributed by atoms with E-state index in [1.54, 1.807) is 31.2 Å². The molecule has 27 heavy (non-hydrogen) atoms. The molecule has 0 aliphatic carbocycles. The Bertz CT molecular complexity index is 865. The third kappa shape index (κ3) is 3.84. The average molecular weight is 366 g/mol. The molecule has 0 spiro atoms. The molecule has 1 aliphatic heterocycles. The van der Waals surface area contributed by atoms with E-state index in [2.05, 4.69) is 5.32 Å². The third-order valence-corrected chi connectivity index (χ3v) is 5.02. The van der Waals surface area contributed by atoms with Crippen LogP contribution in [0.2, 0.25) is 0 Å². The molecule has 0 aromatic heterocycles. The molecule has 0 bridgehead atoms. The number of rotatable bonds is 6. The minimum atomic E-state index is -1.25. The molecule has 0 radical (unpaired) electrons. The maximum atomic E-state index is 12.5. The molecule has 2 aromatic carbocycles. The molecule has 1 atom stereocenters. The Hall–Kier alpha value is -3.15. The van der Waals surface area contributed by atoms with Gasteiger partial charge >= 0.3 is 5.97 Å². The van der Waals surface area contributed by atoms with E-state index in [0.29, 0.717) is 18.4 Å². The molecule has 0 fully saturated rings. The Labute approximate surface area is 157 Å². The van der Waals surface area contributed by atoms with Crippen LogP contribution in [0.5, 0.6) is 0 Å². The lowest BCUT2D eigenvalue weighted by atomic mass is 9.82. The molecule has 140 valence electrons. The van der Waals surface area contributed by atoms with Crippen LogP contribution in [0.1, 0.15) is 24.5 Å². The SMILES string of the molecule is CC(CNC(=O)CN1C(=O)CCc2ccccc21)(C(=O)O)c1ccccc1. The van der Waals surface area contributed by atoms with Crippen molar-refractivity contribution in [3.63, 3.8) is 0 Å². The number of carboxylic acid groups (broad SMARTS) is 1. The van der Waals surface area contributed by atoms with Crippen LogP contribution in [0.3, 0.4) is 0 Å². The Kier molecular flexibility index (Phi) is 5.26. The fourth-order valence-corrected chi connectivity index (χ4v) is 3.25. The first-order chi connectivity index (χ1) is 12.9. The quantitative estimate of drug-likeness (QED) is 0.820. The van der Waals surface area contributed by atoms with Gasteiger partial charge in [0.05, 0.1) is 0 Å². The van der Waals surface area contributed by atoms with Crippen LogP contribution in [-0.4, -0.2) is 36.0 Å². The van der Waals surface area contributed by atoms with Gasteiger partial charge in [-0.25, -0.2) is 0 Å². The van der Waals surface area contributed by atoms with Crippen LogP contribution in [0.15, 0.2) is 54.6 Å². The van der Waals surface area contributed by atoms with Crippen molar-refractivity contribution in [3.8, 4) is 0 Å². The van der Waals surface area contributed by atoms with Crippen molar-refractivity contribution in [3.05, 3.63) is 65.7 Å². The van der Waals surface area contributed by atoms with Gasteiger partial charge in [0.1, 0.15) is 12.0 Å². The Morgan fingerprint density at radius 3 is 2.44 bits per heavy atom. The zero-order valence-electron chi connectivity index (χ0n) is 15.1. The van der Waals surface area contributed by atoms with E-state index < -0.39 is 11.4 Å². The molecule has 1 unspecified atom stereocenters. The van der Waals surface area contributed by atoms with Crippen molar-refractivity contribution >= 4 is 23.5 Å². The van der Waals surface area contributed by atoms with Gasteiger partial charge in [-0.05, 0) is 30.5 Å². The van der Waals surface area contributed by atoms with E-state index in [0.717, 1.165) is 11.3 Å². The number of anilines is 1. The first-order valence-corrected chi connectivity index (χ1v) is 8.86. The number of nitrogens with zero attached hydrogens (tertiary/aromatic N) is 1. The number of benzene rings is 2. The normalized spacial score (nSPS) is 15.6. The molecule has 6 nitrogen and oxygen atoms in total. The van der Waals surface area contributed by atoms with Crippen molar-refractivity contribution in [2.75, 3.05) is 18.0 Å². The van der Waals surface area contributed by atoms with Gasteiger partial charge in [-0.2, -0.15) is 0 Å². The number of nitrogens with one attached hydrogen (secondary N) is 1. The molecule has 1 aliphatic rings. The number of carbonyl (C=O) groups is 3. The van der Waals surface area contributed by atoms with E-state index in [1.165, 1.54) is 4.90 Å². The standard InChI is InChI=1S/C21H22N2O4/c1-21(20(26)27,16-8-3-2-4-9-16)14-22-18(24)13-23-17-10-6-5-7-15(17)11-12-19(23)25/h2-10H,11-14H2,1H3,(H,22,24)(H,26,27). The summed E-state index contributed by atoms with van der Waals surface area (Å²) < 4.78 is 0. The number of carbonyl (C=O) groups excluding carboxylic acids is 2. The number of carboxylic acids is 1. The number of amides is 2. The molecule has 2 amide bonds. The van der Waals surface area contributed by atoms with Crippen LogP contribution in [-0.2, 0) is 26.2 Å². The first-order valence-electron chi connectivity index (χ1n) is 8.86. The summed E-state index contributed by atoms with van der Waals surface area (Å²) in [7, 11) is 0. The van der Waals surface area contributed by atoms with Crippen molar-refractivity contribution in [2.45, 2.75) is 25.2 Å². The summed E-state index contributed by atoms with van der Waals surface area (Å²) >= 11 is 0. The van der Waals surface area contributed by atoms with Gasteiger partial charge in [-0.1, -0.05) is 48.5 Å². The summed E-state index contributed by atoms with van der Waals surface area (Å²) in [6, 6.07) is 16.3. The van der Waals surface area contributed by atoms with Gasteiger partial charge in [0.15, 0.2) is 0 Å². The molecule has 6 heteroatoms. The lowest BCUT2D eigenvalue weighted by molar-refractivity contribution is -0.143. The topological polar surface area (TPSA) is 86.7 Å². The van der Waals surface area contributed by atoms with Crippen LogP contribution in [0.25, 0.3) is 0 Å². The zero-order valence-corrected chi connectivity index (χ0v) is 15.1. The molecule has 2 aromatic rings. The fourth-order valence-electron chi connectivity index (χ4n) is 3.25. The van der Waals surface area contributed by atoms with E-state index in [1.807, 2.05) is 30.3 Å². The van der Waals surface area contributed by atoms with Gasteiger partial charge in [0, 0.05) is 18.7 Å². The Balaban J connectivity index is 1.71. The number of fused-ring (bicyclic) bond motifs is 1. The average Bonchev–Trinajstić information content (AvgIpc) is 2.69. The van der Waals surface area contributed by atoms with Gasteiger partial charge in [-0.3, -0.25) is 14.4 Å². The molecule has 1 heterocycles. The van der Waals surface area contributed by atoms with E-state index in [-0.39, 0.29) is 24.9 Å². The fraction of sp³-hybridized carbons (Fsp3) is 0.286. The minimum Gasteiger partial charge on any atom is -0.481 e. The Morgan fingerprint density at radius 2 is 1.74 bits per heavy atom. The largest absolute Gasteiger partial charge is 0.481 e. The van der Waals surface area contributed by atoms with Crippen molar-refractivity contribution in [1.29, 1.82) is 0 Å². The summed E-state index contributed by atoms with van der Waals surface area (Å²) in [5.41, 5.74) is 1.13. The monoisotopic (exact) mass is 366 g/mol. The highest BCUT2D eigenvalue weighted by Gasteiger charge is 2.36. The van der Waals surface area contributed by atoms with Crippen LogP contribution in [0, 0.1) is 0 Å². The highest BCUT2D eigenvalue weighted by atomic mass is 16.4. The second-order valence-electron chi connectivity index (χ2n) is 6.89. The van der Waals surface area contributed by atoms with Gasteiger partial charge < -0.3 is 15.3 Å². The molecular weight excluding hydrogens is 344 g/mol. The summed E-state index contributed by atoms with van der Waals surface area (Å²) in [5.74, 6) is -1.51. The Morgan fingerprint density at radius 1 is 1.07 bits per heavy atom. The summed E-state index contributed by atoms with van der Waals surface area (Å²) in [5, 5.41) is 12.4. The van der Waals surface area contributed by atoms with Gasteiger partial charge in [0.25, 0.3) is 0 Å². The lowest BCUT2D eigenvalue weighted by Gasteiger charge is -2.30. The van der Waals surface area contributed by atoms with E-state index in [4.69, 9.17) is 0 Å². The first kappa shape index (κ1) is 18.6. The lowest BCUT2D eigenvalue weighted by Crippen LogP contribution is -2.48. The summed E-state index contributed by atoms with van der Waals surface area (Å²) in [6.07, 6.45) is 1.03. The number of hydrogen-bond acceptors (Lipinski definition) is 3. The summed E-state index contributed by atoms with van der Waals surface area (Å²) in [4.78, 5) is 38.0. The maximum absolute atomic E-state index is 12.5. The molecule has 2 N–H and O–H groups in total. The molecular formula is C21H22N2O4. The number of aliphatic carboxylic acids is 1. The molecule has 0 saturated heterocycles. The van der Waals surface area contributed by atoms with Crippen LogP contribution in [0.4, 0.5) is 5.69 Å². The van der Waals surface area contributed by atoms with Crippen LogP contribution < -0.4 is 10.2 Å². The number of para-hydroxylation sites is 1. The minimum absolute atomic E-state index is 0.0607. The summed E-state index contributed by atoms with van der Waals surface area (Å²) in [6.45, 7) is 1.39. The second kappa shape index (κ2) is 7.61. The van der Waals surface area contributed by atoms with E-state index >= 15 is 0 Å². The van der Waals surface area contributed by atoms with Crippen LogP contribution >= 0.6 is 0 Å². The maximum Gasteiger partial charge on any atom is 0.315 e. The predicted molar refractivity (Wildman–Crippen MR) is 102 cm³/mol. The molecule has 0 saturated carbocycles. The highest BCUT2D eigenvalue weighted by Crippen LogP contribution is 2.27. The van der Waals surface area contributed by atoms with Crippen molar-refractivity contribution in [2.24, 2.45) is 0 Å². The van der Waals surface area contributed by atoms with Crippen molar-refractivity contribution < 1.29 is 19.5 Å². The number of aryl methyl sites for hydroxylation is 1. The third-order valence-electron chi connectivity index (χ3n) is 5.02. The van der Waals surface area contributed by atoms with Crippen molar-refractivity contribution in [1.82, 2.24) is 5.32 Å². The highest BCUT2D eigenvalue weighted by molar-refractivity contribution is 6.01. The zero-order chi connectivity index (χ0) is 19.4. The van der Waals surface area contributed by atoms with Gasteiger partial charge in [-0.15, -0.1) is 0 Å². The second-order valence-corrected chi connectivity index (χ2v) is 6.89. The van der Waals surface area contributed by atoms with Gasteiger partial charge in [0.2, 0.25) is 11.8 Å². The smallest absolute Gasteiger partial charge is 0.315 e. The molecule has 3 rings (SSSR count). The predicted octanol–water partition coefficient (Wildman–Crippen LogP) is 2.12.